The number of carbonyl (C=O) groups excluding carboxylic acids is 1. The van der Waals surface area contributed by atoms with E-state index in [-0.39, 0.29) is 29.4 Å². The SMILES string of the molecule is CC.CN1CC(C(=O)Nc2ncccc2O)CC1C#N. The van der Waals surface area contributed by atoms with Crippen LogP contribution in [0.15, 0.2) is 18.3 Å². The number of nitrogens with zero attached hydrogens (tertiary/aromatic N) is 3. The second-order valence-electron chi connectivity index (χ2n) is 4.38. The van der Waals surface area contributed by atoms with E-state index in [4.69, 9.17) is 5.26 Å². The van der Waals surface area contributed by atoms with Gasteiger partial charge in [0.1, 0.15) is 0 Å². The molecule has 1 fully saturated rings. The molecule has 2 unspecified atom stereocenters. The van der Waals surface area contributed by atoms with Gasteiger partial charge in [0.15, 0.2) is 11.6 Å². The van der Waals surface area contributed by atoms with Crippen LogP contribution in [-0.2, 0) is 4.79 Å². The molecule has 2 N–H and O–H groups in total. The van der Waals surface area contributed by atoms with E-state index in [9.17, 15) is 9.90 Å². The fourth-order valence-electron chi connectivity index (χ4n) is 2.05. The number of nitrogens with one attached hydrogen (secondary N) is 1. The first-order chi connectivity index (χ1) is 9.61. The Labute approximate surface area is 119 Å². The van der Waals surface area contributed by atoms with Gasteiger partial charge in [0, 0.05) is 12.7 Å². The molecule has 0 bridgehead atoms. The number of rotatable bonds is 2. The summed E-state index contributed by atoms with van der Waals surface area (Å²) in [5, 5.41) is 21.0. The van der Waals surface area contributed by atoms with Gasteiger partial charge in [-0.05, 0) is 25.6 Å². The molecule has 0 aliphatic carbocycles. The van der Waals surface area contributed by atoms with Crippen molar-refractivity contribution >= 4 is 11.7 Å². The molecule has 2 rings (SSSR count). The van der Waals surface area contributed by atoms with Crippen molar-refractivity contribution in [2.24, 2.45) is 5.92 Å². The van der Waals surface area contributed by atoms with Gasteiger partial charge in [0.25, 0.3) is 0 Å². The Balaban J connectivity index is 0.000000956. The van der Waals surface area contributed by atoms with Gasteiger partial charge in [0.2, 0.25) is 5.91 Å². The molecule has 0 aromatic carbocycles. The normalized spacial score (nSPS) is 21.5. The maximum atomic E-state index is 12.0. The fraction of sp³-hybridized carbons (Fsp3) is 0.500. The average molecular weight is 276 g/mol. The summed E-state index contributed by atoms with van der Waals surface area (Å²) in [4.78, 5) is 17.7. The van der Waals surface area contributed by atoms with Gasteiger partial charge < -0.3 is 10.4 Å². The zero-order chi connectivity index (χ0) is 15.1. The summed E-state index contributed by atoms with van der Waals surface area (Å²) < 4.78 is 0. The van der Waals surface area contributed by atoms with Crippen LogP contribution in [0, 0.1) is 17.2 Å². The third-order valence-electron chi connectivity index (χ3n) is 3.10. The number of pyridine rings is 1. The van der Waals surface area contributed by atoms with Gasteiger partial charge in [-0.25, -0.2) is 4.98 Å². The standard InChI is InChI=1S/C12H14N4O2.C2H6/c1-16-7-8(5-9(16)6-13)12(18)15-11-10(17)3-2-4-14-11;1-2/h2-4,8-9,17H,5,7H2,1H3,(H,14,15,18);1-2H3. The Bertz CT molecular complexity index is 498. The van der Waals surface area contributed by atoms with Crippen LogP contribution in [0.3, 0.4) is 0 Å². The molecule has 1 amide bonds. The zero-order valence-electron chi connectivity index (χ0n) is 12.0. The van der Waals surface area contributed by atoms with Crippen molar-refractivity contribution in [1.82, 2.24) is 9.88 Å². The van der Waals surface area contributed by atoms with E-state index in [0.29, 0.717) is 13.0 Å². The zero-order valence-corrected chi connectivity index (χ0v) is 12.0. The predicted octanol–water partition coefficient (Wildman–Crippen LogP) is 1.60. The van der Waals surface area contributed by atoms with E-state index < -0.39 is 0 Å². The van der Waals surface area contributed by atoms with Crippen molar-refractivity contribution in [1.29, 1.82) is 5.26 Å². The van der Waals surface area contributed by atoms with E-state index in [1.807, 2.05) is 25.8 Å². The number of aromatic hydroxyl groups is 1. The highest BCUT2D eigenvalue weighted by Crippen LogP contribution is 2.24. The van der Waals surface area contributed by atoms with Gasteiger partial charge in [-0.15, -0.1) is 0 Å². The fourth-order valence-corrected chi connectivity index (χ4v) is 2.05. The summed E-state index contributed by atoms with van der Waals surface area (Å²) in [6.45, 7) is 4.54. The van der Waals surface area contributed by atoms with E-state index in [1.54, 1.807) is 6.07 Å². The molecule has 1 aromatic heterocycles. The van der Waals surface area contributed by atoms with Crippen LogP contribution in [-0.4, -0.2) is 40.5 Å². The monoisotopic (exact) mass is 276 g/mol. The van der Waals surface area contributed by atoms with Crippen molar-refractivity contribution in [3.05, 3.63) is 18.3 Å². The van der Waals surface area contributed by atoms with E-state index in [0.717, 1.165) is 0 Å². The molecular weight excluding hydrogens is 256 g/mol. The molecule has 1 aliphatic rings. The lowest BCUT2D eigenvalue weighted by molar-refractivity contribution is -0.119. The number of hydrogen-bond donors (Lipinski definition) is 2. The third-order valence-corrected chi connectivity index (χ3v) is 3.10. The summed E-state index contributed by atoms with van der Waals surface area (Å²) in [5.41, 5.74) is 0. The molecule has 6 heteroatoms. The topological polar surface area (TPSA) is 89.2 Å². The minimum absolute atomic E-state index is 0.0611. The Morgan fingerprint density at radius 3 is 2.85 bits per heavy atom. The second kappa shape index (κ2) is 7.46. The summed E-state index contributed by atoms with van der Waals surface area (Å²) in [6, 6.07) is 4.97. The molecule has 1 aliphatic heterocycles. The number of likely N-dealkylation sites (tertiary alicyclic amines) is 1. The molecule has 1 saturated heterocycles. The van der Waals surface area contributed by atoms with Crippen LogP contribution in [0.5, 0.6) is 5.75 Å². The van der Waals surface area contributed by atoms with Gasteiger partial charge in [-0.1, -0.05) is 13.8 Å². The first-order valence-corrected chi connectivity index (χ1v) is 6.66. The third kappa shape index (κ3) is 3.68. The number of hydrogen-bond acceptors (Lipinski definition) is 5. The maximum absolute atomic E-state index is 12.0. The molecule has 20 heavy (non-hydrogen) atoms. The van der Waals surface area contributed by atoms with Crippen LogP contribution in [0.2, 0.25) is 0 Å². The number of amides is 1. The van der Waals surface area contributed by atoms with Crippen molar-refractivity contribution < 1.29 is 9.90 Å². The van der Waals surface area contributed by atoms with Crippen molar-refractivity contribution in [2.45, 2.75) is 26.3 Å². The van der Waals surface area contributed by atoms with Crippen molar-refractivity contribution in [3.63, 3.8) is 0 Å². The van der Waals surface area contributed by atoms with Crippen molar-refractivity contribution in [3.8, 4) is 11.8 Å². The second-order valence-corrected chi connectivity index (χ2v) is 4.38. The summed E-state index contributed by atoms with van der Waals surface area (Å²) in [6.07, 6.45) is 2.00. The number of carbonyl (C=O) groups is 1. The molecule has 0 radical (unpaired) electrons. The quantitative estimate of drug-likeness (QED) is 0.856. The highest BCUT2D eigenvalue weighted by molar-refractivity contribution is 5.93. The van der Waals surface area contributed by atoms with E-state index in [1.165, 1.54) is 12.3 Å². The summed E-state index contributed by atoms with van der Waals surface area (Å²) >= 11 is 0. The Morgan fingerprint density at radius 2 is 2.30 bits per heavy atom. The first kappa shape index (κ1) is 15.9. The van der Waals surface area contributed by atoms with E-state index >= 15 is 0 Å². The maximum Gasteiger partial charge on any atom is 0.230 e. The Kier molecular flexibility index (Phi) is 5.94. The molecular formula is C14H20N4O2. The Morgan fingerprint density at radius 1 is 1.60 bits per heavy atom. The minimum atomic E-state index is -0.249. The van der Waals surface area contributed by atoms with Crippen LogP contribution in [0.25, 0.3) is 0 Å². The highest BCUT2D eigenvalue weighted by atomic mass is 16.3. The summed E-state index contributed by atoms with van der Waals surface area (Å²) in [7, 11) is 1.82. The van der Waals surface area contributed by atoms with Crippen LogP contribution < -0.4 is 5.32 Å². The van der Waals surface area contributed by atoms with Gasteiger partial charge in [0.05, 0.1) is 18.0 Å². The predicted molar refractivity (Wildman–Crippen MR) is 76.0 cm³/mol. The molecule has 0 saturated carbocycles. The molecule has 0 spiro atoms. The number of anilines is 1. The molecule has 2 heterocycles. The minimum Gasteiger partial charge on any atom is -0.504 e. The molecule has 6 nitrogen and oxygen atoms in total. The van der Waals surface area contributed by atoms with Gasteiger partial charge in [-0.3, -0.25) is 9.69 Å². The number of aromatic nitrogens is 1. The van der Waals surface area contributed by atoms with Crippen LogP contribution in [0.1, 0.15) is 20.3 Å². The highest BCUT2D eigenvalue weighted by Gasteiger charge is 2.34. The average Bonchev–Trinajstić information content (AvgIpc) is 2.85. The lowest BCUT2D eigenvalue weighted by atomic mass is 10.1. The van der Waals surface area contributed by atoms with Crippen LogP contribution in [0.4, 0.5) is 5.82 Å². The molecule has 1 aromatic rings. The smallest absolute Gasteiger partial charge is 0.230 e. The lowest BCUT2D eigenvalue weighted by Crippen LogP contribution is -2.26. The first-order valence-electron chi connectivity index (χ1n) is 6.66. The van der Waals surface area contributed by atoms with Crippen LogP contribution >= 0.6 is 0 Å². The number of nitriles is 1. The van der Waals surface area contributed by atoms with E-state index in [2.05, 4.69) is 16.4 Å². The molecule has 108 valence electrons. The van der Waals surface area contributed by atoms with Crippen molar-refractivity contribution in [2.75, 3.05) is 18.9 Å². The largest absolute Gasteiger partial charge is 0.504 e. The van der Waals surface area contributed by atoms with Gasteiger partial charge >= 0.3 is 0 Å². The lowest BCUT2D eigenvalue weighted by Gasteiger charge is -2.11. The summed E-state index contributed by atoms with van der Waals surface area (Å²) in [5.74, 6) is -0.366. The molecule has 2 atom stereocenters. The Hall–Kier alpha value is -2.13. The van der Waals surface area contributed by atoms with Gasteiger partial charge in [-0.2, -0.15) is 5.26 Å².